The molecule has 1 atom stereocenters. The molecule has 0 unspecified atom stereocenters. The number of pyridine rings is 1. The first-order chi connectivity index (χ1) is 7.84. The molecule has 0 bridgehead atoms. The molecule has 17 heavy (non-hydrogen) atoms. The Labute approximate surface area is 107 Å². The van der Waals surface area contributed by atoms with Gasteiger partial charge in [-0.05, 0) is 17.7 Å². The highest BCUT2D eigenvalue weighted by Gasteiger charge is 2.29. The second-order valence-corrected chi connectivity index (χ2v) is 5.39. The minimum atomic E-state index is -0.310. The van der Waals surface area contributed by atoms with Gasteiger partial charge in [0.05, 0.1) is 0 Å². The fourth-order valence-electron chi connectivity index (χ4n) is 1.54. The summed E-state index contributed by atoms with van der Waals surface area (Å²) in [4.78, 5) is 15.4. The van der Waals surface area contributed by atoms with Crippen molar-refractivity contribution in [2.45, 2.75) is 40.2 Å². The summed E-state index contributed by atoms with van der Waals surface area (Å²) in [6.45, 7) is 7.85. The first kappa shape index (κ1) is 14.0. The SMILES string of the molecule is CCC(=O)O[C@H](c1ccnc(Cl)c1)C(C)(C)C. The van der Waals surface area contributed by atoms with Gasteiger partial charge in [0, 0.05) is 18.0 Å². The molecule has 1 aromatic rings. The second kappa shape index (κ2) is 5.50. The van der Waals surface area contributed by atoms with Crippen molar-refractivity contribution in [2.75, 3.05) is 0 Å². The standard InChI is InChI=1S/C13H18ClNO2/c1-5-11(16)17-12(13(2,3)4)9-6-7-15-10(14)8-9/h6-8,12H,5H2,1-4H3/t12-/m1/s1. The first-order valence-corrected chi connectivity index (χ1v) is 6.03. The maximum Gasteiger partial charge on any atom is 0.306 e. The lowest BCUT2D eigenvalue weighted by molar-refractivity contribution is -0.155. The molecule has 0 fully saturated rings. The smallest absolute Gasteiger partial charge is 0.306 e. The number of carbonyl (C=O) groups excluding carboxylic acids is 1. The lowest BCUT2D eigenvalue weighted by Crippen LogP contribution is -2.24. The highest BCUT2D eigenvalue weighted by atomic mass is 35.5. The number of halogens is 1. The number of esters is 1. The molecule has 0 aromatic carbocycles. The Balaban J connectivity index is 3.02. The Morgan fingerprint density at radius 3 is 2.65 bits per heavy atom. The number of ether oxygens (including phenoxy) is 1. The van der Waals surface area contributed by atoms with Crippen molar-refractivity contribution in [1.29, 1.82) is 0 Å². The van der Waals surface area contributed by atoms with Crippen LogP contribution in [0.3, 0.4) is 0 Å². The molecule has 94 valence electrons. The topological polar surface area (TPSA) is 39.2 Å². The van der Waals surface area contributed by atoms with Crippen LogP contribution in [-0.2, 0) is 9.53 Å². The van der Waals surface area contributed by atoms with Crippen LogP contribution in [0.5, 0.6) is 0 Å². The van der Waals surface area contributed by atoms with Crippen LogP contribution in [0, 0.1) is 5.41 Å². The van der Waals surface area contributed by atoms with E-state index in [0.29, 0.717) is 11.6 Å². The number of hydrogen-bond donors (Lipinski definition) is 0. The third-order valence-electron chi connectivity index (χ3n) is 2.38. The van der Waals surface area contributed by atoms with Crippen LogP contribution < -0.4 is 0 Å². The minimum absolute atomic E-state index is 0.185. The van der Waals surface area contributed by atoms with Crippen LogP contribution in [0.25, 0.3) is 0 Å². The minimum Gasteiger partial charge on any atom is -0.457 e. The van der Waals surface area contributed by atoms with Crippen LogP contribution in [0.15, 0.2) is 18.3 Å². The molecular formula is C13H18ClNO2. The third kappa shape index (κ3) is 4.00. The summed E-state index contributed by atoms with van der Waals surface area (Å²) in [6.07, 6.45) is 1.68. The maximum absolute atomic E-state index is 11.5. The van der Waals surface area contributed by atoms with E-state index in [2.05, 4.69) is 4.98 Å². The van der Waals surface area contributed by atoms with Gasteiger partial charge in [-0.25, -0.2) is 4.98 Å². The highest BCUT2D eigenvalue weighted by molar-refractivity contribution is 6.29. The van der Waals surface area contributed by atoms with Crippen molar-refractivity contribution in [2.24, 2.45) is 5.41 Å². The monoisotopic (exact) mass is 255 g/mol. The zero-order chi connectivity index (χ0) is 13.1. The molecule has 0 aliphatic heterocycles. The van der Waals surface area contributed by atoms with Gasteiger partial charge in [-0.3, -0.25) is 4.79 Å². The predicted octanol–water partition coefficient (Wildman–Crippen LogP) is 3.78. The van der Waals surface area contributed by atoms with Crippen molar-refractivity contribution >= 4 is 17.6 Å². The molecular weight excluding hydrogens is 238 g/mol. The van der Waals surface area contributed by atoms with Crippen molar-refractivity contribution in [3.05, 3.63) is 29.0 Å². The third-order valence-corrected chi connectivity index (χ3v) is 2.58. The Morgan fingerprint density at radius 1 is 1.53 bits per heavy atom. The van der Waals surface area contributed by atoms with Gasteiger partial charge in [0.15, 0.2) is 0 Å². The first-order valence-electron chi connectivity index (χ1n) is 5.65. The van der Waals surface area contributed by atoms with E-state index in [9.17, 15) is 4.79 Å². The van der Waals surface area contributed by atoms with Crippen LogP contribution in [-0.4, -0.2) is 11.0 Å². The number of nitrogens with zero attached hydrogens (tertiary/aromatic N) is 1. The van der Waals surface area contributed by atoms with E-state index in [1.807, 2.05) is 26.8 Å². The molecule has 0 aliphatic carbocycles. The van der Waals surface area contributed by atoms with E-state index in [0.717, 1.165) is 5.56 Å². The summed E-state index contributed by atoms with van der Waals surface area (Å²) >= 11 is 5.86. The van der Waals surface area contributed by atoms with E-state index in [-0.39, 0.29) is 17.5 Å². The van der Waals surface area contributed by atoms with Gasteiger partial charge in [-0.1, -0.05) is 39.3 Å². The van der Waals surface area contributed by atoms with Crippen LogP contribution in [0.4, 0.5) is 0 Å². The van der Waals surface area contributed by atoms with Gasteiger partial charge < -0.3 is 4.74 Å². The summed E-state index contributed by atoms with van der Waals surface area (Å²) in [5, 5.41) is 0.407. The van der Waals surface area contributed by atoms with E-state index in [1.165, 1.54) is 0 Å². The van der Waals surface area contributed by atoms with Gasteiger partial charge in [0.25, 0.3) is 0 Å². The average Bonchev–Trinajstić information content (AvgIpc) is 2.23. The summed E-state index contributed by atoms with van der Waals surface area (Å²) < 4.78 is 5.48. The van der Waals surface area contributed by atoms with Gasteiger partial charge in [0.1, 0.15) is 11.3 Å². The van der Waals surface area contributed by atoms with Crippen molar-refractivity contribution in [3.8, 4) is 0 Å². The quantitative estimate of drug-likeness (QED) is 0.610. The Bertz CT molecular complexity index is 399. The number of hydrogen-bond acceptors (Lipinski definition) is 3. The Morgan fingerprint density at radius 2 is 2.18 bits per heavy atom. The molecule has 3 nitrogen and oxygen atoms in total. The Kier molecular flexibility index (Phi) is 4.52. The van der Waals surface area contributed by atoms with E-state index in [4.69, 9.17) is 16.3 Å². The average molecular weight is 256 g/mol. The van der Waals surface area contributed by atoms with Crippen molar-refractivity contribution in [3.63, 3.8) is 0 Å². The normalized spacial score (nSPS) is 13.2. The molecule has 0 amide bonds. The fraction of sp³-hybridized carbons (Fsp3) is 0.538. The van der Waals surface area contributed by atoms with E-state index in [1.54, 1.807) is 19.2 Å². The summed E-state index contributed by atoms with van der Waals surface area (Å²) in [5.41, 5.74) is 0.689. The molecule has 4 heteroatoms. The predicted molar refractivity (Wildman–Crippen MR) is 67.8 cm³/mol. The van der Waals surface area contributed by atoms with E-state index < -0.39 is 0 Å². The molecule has 0 spiro atoms. The van der Waals surface area contributed by atoms with Crippen LogP contribution in [0.1, 0.15) is 45.8 Å². The molecule has 1 aromatic heterocycles. The van der Waals surface area contributed by atoms with Gasteiger partial charge in [0.2, 0.25) is 0 Å². The lowest BCUT2D eigenvalue weighted by atomic mass is 9.85. The van der Waals surface area contributed by atoms with Gasteiger partial charge in [-0.15, -0.1) is 0 Å². The molecule has 1 heterocycles. The van der Waals surface area contributed by atoms with E-state index >= 15 is 0 Å². The largest absolute Gasteiger partial charge is 0.457 e. The molecule has 1 rings (SSSR count). The highest BCUT2D eigenvalue weighted by Crippen LogP contribution is 2.36. The van der Waals surface area contributed by atoms with Crippen molar-refractivity contribution in [1.82, 2.24) is 4.98 Å². The number of carbonyl (C=O) groups is 1. The molecule has 0 saturated carbocycles. The molecule has 0 saturated heterocycles. The maximum atomic E-state index is 11.5. The van der Waals surface area contributed by atoms with Crippen LogP contribution >= 0.6 is 11.6 Å². The van der Waals surface area contributed by atoms with Gasteiger partial charge in [-0.2, -0.15) is 0 Å². The summed E-state index contributed by atoms with van der Waals surface area (Å²) in [5.74, 6) is -0.210. The molecule has 0 aliphatic rings. The molecule has 0 radical (unpaired) electrons. The molecule has 0 N–H and O–H groups in total. The second-order valence-electron chi connectivity index (χ2n) is 5.00. The number of rotatable bonds is 3. The fourth-order valence-corrected chi connectivity index (χ4v) is 1.72. The zero-order valence-electron chi connectivity index (χ0n) is 10.7. The lowest BCUT2D eigenvalue weighted by Gasteiger charge is -2.30. The number of aromatic nitrogens is 1. The van der Waals surface area contributed by atoms with Crippen LogP contribution in [0.2, 0.25) is 5.15 Å². The zero-order valence-corrected chi connectivity index (χ0v) is 11.4. The Hall–Kier alpha value is -1.09. The summed E-state index contributed by atoms with van der Waals surface area (Å²) in [7, 11) is 0. The van der Waals surface area contributed by atoms with Crippen molar-refractivity contribution < 1.29 is 9.53 Å². The summed E-state index contributed by atoms with van der Waals surface area (Å²) in [6, 6.07) is 3.56. The van der Waals surface area contributed by atoms with Gasteiger partial charge >= 0.3 is 5.97 Å².